The van der Waals surface area contributed by atoms with Crippen molar-refractivity contribution in [2.75, 3.05) is 63.4 Å². The summed E-state index contributed by atoms with van der Waals surface area (Å²) in [5, 5.41) is 2.53. The molecule has 11 nitrogen and oxygen atoms in total. The van der Waals surface area contributed by atoms with Crippen molar-refractivity contribution >= 4 is 27.8 Å². The zero-order valence-corrected chi connectivity index (χ0v) is 21.0. The first kappa shape index (κ1) is 25.7. The van der Waals surface area contributed by atoms with E-state index in [2.05, 4.69) is 20.0 Å². The summed E-state index contributed by atoms with van der Waals surface area (Å²) in [7, 11) is 1.60. The molecular weight excluding hydrogens is 460 g/mol. The van der Waals surface area contributed by atoms with Crippen molar-refractivity contribution < 1.29 is 17.9 Å². The number of sulfonamides is 1. The van der Waals surface area contributed by atoms with E-state index in [9.17, 15) is 18.0 Å². The number of nitrogens with zero attached hydrogens (tertiary/aromatic N) is 4. The van der Waals surface area contributed by atoms with E-state index in [1.165, 1.54) is 17.5 Å². The molecule has 1 aliphatic rings. The summed E-state index contributed by atoms with van der Waals surface area (Å²) in [4.78, 5) is 35.0. The number of methoxy groups -OCH3 is 1. The smallest absolute Gasteiger partial charge is 0.412 e. The van der Waals surface area contributed by atoms with Crippen LogP contribution in [0.15, 0.2) is 29.2 Å². The topological polar surface area (TPSA) is 128 Å². The van der Waals surface area contributed by atoms with Gasteiger partial charge >= 0.3 is 6.09 Å². The van der Waals surface area contributed by atoms with E-state index in [4.69, 9.17) is 0 Å². The second kappa shape index (κ2) is 10.5. The molecule has 186 valence electrons. The largest absolute Gasteiger partial charge is 0.453 e. The Balaban J connectivity index is 1.85. The number of aryl methyl sites for hydroxylation is 1. The Morgan fingerprint density at radius 3 is 2.68 bits per heavy atom. The zero-order valence-electron chi connectivity index (χ0n) is 20.2. The van der Waals surface area contributed by atoms with Crippen LogP contribution in [0.1, 0.15) is 12.5 Å². The van der Waals surface area contributed by atoms with E-state index in [-0.39, 0.29) is 17.4 Å². The minimum absolute atomic E-state index is 0.0717. The number of hydrogen-bond acceptors (Lipinski definition) is 8. The SMILES string of the molecule is COC(=O)Nc1cc(-c2cc(N3CCN(S(=O)(=O)CCN(C)C)C[C@@H]3C)[nH]c(=O)c2)c(C)cn1. The molecule has 0 radical (unpaired) electrons. The van der Waals surface area contributed by atoms with Crippen LogP contribution in [0, 0.1) is 6.92 Å². The van der Waals surface area contributed by atoms with Gasteiger partial charge < -0.3 is 19.5 Å². The number of H-pyrrole nitrogens is 1. The number of anilines is 2. The third-order valence-corrected chi connectivity index (χ3v) is 7.57. The molecule has 12 heteroatoms. The monoisotopic (exact) mass is 492 g/mol. The van der Waals surface area contributed by atoms with Gasteiger partial charge in [0.15, 0.2) is 0 Å². The molecular formula is C22H32N6O5S. The van der Waals surface area contributed by atoms with E-state index in [0.717, 1.165) is 11.1 Å². The molecule has 1 amide bonds. The number of ether oxygens (including phenoxy) is 1. The molecule has 0 spiro atoms. The lowest BCUT2D eigenvalue weighted by atomic mass is 10.0. The molecule has 0 aromatic carbocycles. The first-order valence-corrected chi connectivity index (χ1v) is 12.6. The number of carbonyl (C=O) groups excluding carboxylic acids is 1. The van der Waals surface area contributed by atoms with Gasteiger partial charge in [-0.05, 0) is 56.8 Å². The molecule has 0 bridgehead atoms. The predicted molar refractivity (Wildman–Crippen MR) is 132 cm³/mol. The summed E-state index contributed by atoms with van der Waals surface area (Å²) >= 11 is 0. The number of carbonyl (C=O) groups is 1. The van der Waals surface area contributed by atoms with Crippen LogP contribution in [0.3, 0.4) is 0 Å². The van der Waals surface area contributed by atoms with Gasteiger partial charge in [0.05, 0.1) is 12.9 Å². The number of aromatic amines is 1. The Hall–Kier alpha value is -2.96. The number of piperazine rings is 1. The predicted octanol–water partition coefficient (Wildman–Crippen LogP) is 1.33. The van der Waals surface area contributed by atoms with Gasteiger partial charge in [0.25, 0.3) is 0 Å². The number of amides is 1. The lowest BCUT2D eigenvalue weighted by Crippen LogP contribution is -2.55. The molecule has 2 aromatic heterocycles. The Morgan fingerprint density at radius 2 is 2.03 bits per heavy atom. The maximum atomic E-state index is 12.7. The second-order valence-corrected chi connectivity index (χ2v) is 10.7. The van der Waals surface area contributed by atoms with Gasteiger partial charge in [0, 0.05) is 44.5 Å². The van der Waals surface area contributed by atoms with E-state index in [1.54, 1.807) is 12.3 Å². The average Bonchev–Trinajstić information content (AvgIpc) is 2.78. The highest BCUT2D eigenvalue weighted by Crippen LogP contribution is 2.28. The van der Waals surface area contributed by atoms with E-state index in [0.29, 0.717) is 43.4 Å². The fourth-order valence-corrected chi connectivity index (χ4v) is 5.52. The lowest BCUT2D eigenvalue weighted by Gasteiger charge is -2.40. The van der Waals surface area contributed by atoms with Crippen molar-refractivity contribution in [2.24, 2.45) is 0 Å². The van der Waals surface area contributed by atoms with Gasteiger partial charge in [-0.25, -0.2) is 18.2 Å². The highest BCUT2D eigenvalue weighted by atomic mass is 32.2. The quantitative estimate of drug-likeness (QED) is 0.592. The summed E-state index contributed by atoms with van der Waals surface area (Å²) in [6.45, 7) is 5.40. The first-order chi connectivity index (χ1) is 16.0. The summed E-state index contributed by atoms with van der Waals surface area (Å²) in [5.74, 6) is 0.987. The highest BCUT2D eigenvalue weighted by molar-refractivity contribution is 7.89. The van der Waals surface area contributed by atoms with Crippen molar-refractivity contribution in [2.45, 2.75) is 19.9 Å². The van der Waals surface area contributed by atoms with Crippen LogP contribution in [-0.2, 0) is 14.8 Å². The van der Waals surface area contributed by atoms with Crippen LogP contribution in [0.25, 0.3) is 11.1 Å². The van der Waals surface area contributed by atoms with Crippen LogP contribution >= 0.6 is 0 Å². The van der Waals surface area contributed by atoms with Crippen LogP contribution in [-0.4, -0.2) is 92.9 Å². The molecule has 3 rings (SSSR count). The van der Waals surface area contributed by atoms with Crippen molar-refractivity contribution in [1.29, 1.82) is 0 Å². The Morgan fingerprint density at radius 1 is 1.29 bits per heavy atom. The summed E-state index contributed by atoms with van der Waals surface area (Å²) in [6, 6.07) is 4.89. The zero-order chi connectivity index (χ0) is 25.0. The van der Waals surface area contributed by atoms with Gasteiger partial charge in [-0.15, -0.1) is 0 Å². The van der Waals surface area contributed by atoms with Crippen LogP contribution in [0.5, 0.6) is 0 Å². The van der Waals surface area contributed by atoms with Crippen molar-refractivity contribution in [3.63, 3.8) is 0 Å². The van der Waals surface area contributed by atoms with E-state index in [1.807, 2.05) is 43.8 Å². The van der Waals surface area contributed by atoms with E-state index >= 15 is 0 Å². The van der Waals surface area contributed by atoms with Crippen LogP contribution in [0.4, 0.5) is 16.4 Å². The van der Waals surface area contributed by atoms with Gasteiger partial charge in [-0.1, -0.05) is 0 Å². The molecule has 3 heterocycles. The molecule has 1 fully saturated rings. The molecule has 1 atom stereocenters. The number of aromatic nitrogens is 2. The molecule has 0 unspecified atom stereocenters. The van der Waals surface area contributed by atoms with Crippen LogP contribution in [0.2, 0.25) is 0 Å². The third kappa shape index (κ3) is 6.13. The van der Waals surface area contributed by atoms with Gasteiger partial charge in [-0.2, -0.15) is 4.31 Å². The van der Waals surface area contributed by atoms with Gasteiger partial charge in [-0.3, -0.25) is 10.1 Å². The maximum Gasteiger partial charge on any atom is 0.412 e. The molecule has 0 aliphatic carbocycles. The summed E-state index contributed by atoms with van der Waals surface area (Å²) in [6.07, 6.45) is 0.975. The standard InChI is InChI=1S/C22H32N6O5S/c1-15-13-23-19(24-22(30)33-5)12-18(15)17-10-20(25-21(29)11-17)28-7-6-27(14-16(28)2)34(31,32)9-8-26(3)4/h10-13,16H,6-9,14H2,1-5H3,(H,25,29)(H,23,24,30)/t16-/m0/s1. The minimum atomic E-state index is -3.36. The van der Waals surface area contributed by atoms with E-state index < -0.39 is 16.1 Å². The molecule has 34 heavy (non-hydrogen) atoms. The number of hydrogen-bond donors (Lipinski definition) is 2. The normalized spacial score (nSPS) is 17.1. The van der Waals surface area contributed by atoms with Gasteiger partial charge in [0.1, 0.15) is 11.6 Å². The fraction of sp³-hybridized carbons (Fsp3) is 0.500. The third-order valence-electron chi connectivity index (χ3n) is 5.75. The number of pyridine rings is 2. The molecule has 2 N–H and O–H groups in total. The van der Waals surface area contributed by atoms with Crippen molar-refractivity contribution in [3.8, 4) is 11.1 Å². The second-order valence-electron chi connectivity index (χ2n) is 8.64. The molecule has 2 aromatic rings. The van der Waals surface area contributed by atoms with Gasteiger partial charge in [0.2, 0.25) is 15.6 Å². The lowest BCUT2D eigenvalue weighted by molar-refractivity contribution is 0.187. The Bertz CT molecular complexity index is 1200. The molecule has 1 aliphatic heterocycles. The number of rotatable bonds is 7. The molecule has 0 saturated carbocycles. The Kier molecular flexibility index (Phi) is 7.95. The summed E-state index contributed by atoms with van der Waals surface area (Å²) in [5.41, 5.74) is 1.96. The number of nitrogens with one attached hydrogen (secondary N) is 2. The van der Waals surface area contributed by atoms with Crippen molar-refractivity contribution in [1.82, 2.24) is 19.2 Å². The maximum absolute atomic E-state index is 12.7. The molecule has 1 saturated heterocycles. The summed E-state index contributed by atoms with van der Waals surface area (Å²) < 4.78 is 31.6. The average molecular weight is 493 g/mol. The van der Waals surface area contributed by atoms with Crippen LogP contribution < -0.4 is 15.8 Å². The Labute approximate surface area is 199 Å². The van der Waals surface area contributed by atoms with Crippen molar-refractivity contribution in [3.05, 3.63) is 40.3 Å². The first-order valence-electron chi connectivity index (χ1n) is 11.0. The minimum Gasteiger partial charge on any atom is -0.453 e. The fourth-order valence-electron chi connectivity index (χ4n) is 3.86. The highest BCUT2D eigenvalue weighted by Gasteiger charge is 2.31.